The minimum Gasteiger partial charge on any atom is -0.444 e. The molecule has 0 spiro atoms. The Kier molecular flexibility index (Phi) is 9.09. The molecule has 38 heavy (non-hydrogen) atoms. The van der Waals surface area contributed by atoms with Gasteiger partial charge in [-0.15, -0.1) is 0 Å². The van der Waals surface area contributed by atoms with E-state index in [0.29, 0.717) is 11.3 Å². The maximum atomic E-state index is 14.0. The smallest absolute Gasteiger partial charge is 0.408 e. The average molecular weight is 536 g/mol. The lowest BCUT2D eigenvalue weighted by Crippen LogP contribution is -2.58. The molecule has 7 nitrogen and oxygen atoms in total. The van der Waals surface area contributed by atoms with Crippen molar-refractivity contribution in [1.29, 1.82) is 0 Å². The Balaban J connectivity index is 1.99. The Hall–Kier alpha value is -3.52. The number of thiol groups is 1. The molecule has 0 saturated heterocycles. The van der Waals surface area contributed by atoms with Gasteiger partial charge in [-0.05, 0) is 70.0 Å². The monoisotopic (exact) mass is 535 g/mol. The van der Waals surface area contributed by atoms with Crippen LogP contribution in [0.1, 0.15) is 53.1 Å². The first-order chi connectivity index (χ1) is 17.8. The van der Waals surface area contributed by atoms with Gasteiger partial charge in [-0.3, -0.25) is 9.59 Å². The van der Waals surface area contributed by atoms with Crippen molar-refractivity contribution in [3.63, 3.8) is 0 Å². The number of fused-ring (bicyclic) bond motifs is 1. The molecule has 0 bridgehead atoms. The van der Waals surface area contributed by atoms with Gasteiger partial charge in [0, 0.05) is 17.0 Å². The molecule has 0 radical (unpaired) electrons. The predicted molar refractivity (Wildman–Crippen MR) is 155 cm³/mol. The van der Waals surface area contributed by atoms with Gasteiger partial charge in [-0.2, -0.15) is 12.6 Å². The molecule has 2 N–H and O–H groups in total. The predicted octanol–water partition coefficient (Wildman–Crippen LogP) is 5.97. The van der Waals surface area contributed by atoms with E-state index < -0.39 is 35.2 Å². The van der Waals surface area contributed by atoms with Gasteiger partial charge in [-0.25, -0.2) is 4.79 Å². The van der Waals surface area contributed by atoms with E-state index in [1.165, 1.54) is 4.90 Å². The zero-order valence-electron chi connectivity index (χ0n) is 22.8. The molecular formula is C30H37N3O4S. The van der Waals surface area contributed by atoms with Gasteiger partial charge in [0.1, 0.15) is 17.7 Å². The van der Waals surface area contributed by atoms with E-state index in [1.807, 2.05) is 93.6 Å². The molecule has 0 saturated carbocycles. The molecule has 3 aromatic rings. The number of nitrogens with one attached hydrogen (secondary N) is 2. The van der Waals surface area contributed by atoms with Gasteiger partial charge in [0.25, 0.3) is 5.91 Å². The second-order valence-corrected chi connectivity index (χ2v) is 11.5. The molecule has 0 aliphatic carbocycles. The van der Waals surface area contributed by atoms with Crippen LogP contribution in [-0.4, -0.2) is 45.7 Å². The summed E-state index contributed by atoms with van der Waals surface area (Å²) in [5, 5.41) is 7.68. The molecule has 202 valence electrons. The molecule has 0 aliphatic rings. The van der Waals surface area contributed by atoms with Crippen LogP contribution in [0.4, 0.5) is 10.5 Å². The zero-order valence-corrected chi connectivity index (χ0v) is 23.7. The summed E-state index contributed by atoms with van der Waals surface area (Å²) in [6.07, 6.45) is -0.726. The molecule has 0 aromatic heterocycles. The van der Waals surface area contributed by atoms with Crippen LogP contribution >= 0.6 is 12.6 Å². The SMILES string of the molecule is CC(C)(C)OC(=O)NC(CS)C(=O)N(C(C(=O)Nc1ccc2ccccc2c1)c1ccccc1)C(C)(C)C. The van der Waals surface area contributed by atoms with Crippen molar-refractivity contribution < 1.29 is 19.1 Å². The molecule has 2 atom stereocenters. The largest absolute Gasteiger partial charge is 0.444 e. The minimum absolute atomic E-state index is 0.0262. The standard InChI is InChI=1S/C30H37N3O4S/c1-29(2,3)33(27(35)24(19-38)32-28(36)37-30(4,5)6)25(21-13-8-7-9-14-21)26(34)31-23-17-16-20-12-10-11-15-22(20)18-23/h7-18,24-25,38H,19H2,1-6H3,(H,31,34)(H,32,36). The molecule has 2 unspecified atom stereocenters. The lowest BCUT2D eigenvalue weighted by atomic mass is 9.95. The van der Waals surface area contributed by atoms with Gasteiger partial charge >= 0.3 is 6.09 Å². The van der Waals surface area contributed by atoms with Crippen LogP contribution in [-0.2, 0) is 14.3 Å². The highest BCUT2D eigenvalue weighted by atomic mass is 32.1. The number of hydrogen-bond donors (Lipinski definition) is 3. The Bertz CT molecular complexity index is 1280. The second kappa shape index (κ2) is 11.9. The Labute approximate surface area is 230 Å². The molecule has 8 heteroatoms. The Morgan fingerprint density at radius 2 is 1.47 bits per heavy atom. The van der Waals surface area contributed by atoms with Gasteiger partial charge in [0.2, 0.25) is 5.91 Å². The summed E-state index contributed by atoms with van der Waals surface area (Å²) in [7, 11) is 0. The zero-order chi connectivity index (χ0) is 28.1. The lowest BCUT2D eigenvalue weighted by molar-refractivity contribution is -0.146. The number of rotatable bonds is 7. The van der Waals surface area contributed by atoms with E-state index in [0.717, 1.165) is 10.8 Å². The average Bonchev–Trinajstić information content (AvgIpc) is 2.84. The van der Waals surface area contributed by atoms with Crippen molar-refractivity contribution in [3.05, 3.63) is 78.4 Å². The summed E-state index contributed by atoms with van der Waals surface area (Å²) >= 11 is 4.33. The number of anilines is 1. The van der Waals surface area contributed by atoms with Gasteiger partial charge < -0.3 is 20.3 Å². The fourth-order valence-corrected chi connectivity index (χ4v) is 4.43. The number of ether oxygens (including phenoxy) is 1. The van der Waals surface area contributed by atoms with Crippen LogP contribution in [0, 0.1) is 0 Å². The number of alkyl carbamates (subject to hydrolysis) is 1. The third-order valence-corrected chi connectivity index (χ3v) is 6.14. The molecule has 0 fully saturated rings. The maximum absolute atomic E-state index is 14.0. The quantitative estimate of drug-likeness (QED) is 0.325. The number of carbonyl (C=O) groups excluding carboxylic acids is 3. The Morgan fingerprint density at radius 3 is 2.05 bits per heavy atom. The number of amides is 3. The number of benzene rings is 3. The number of carbonyl (C=O) groups is 3. The van der Waals surface area contributed by atoms with E-state index in [-0.39, 0.29) is 11.7 Å². The molecular weight excluding hydrogens is 498 g/mol. The van der Waals surface area contributed by atoms with Crippen LogP contribution < -0.4 is 10.6 Å². The maximum Gasteiger partial charge on any atom is 0.408 e. The highest BCUT2D eigenvalue weighted by Gasteiger charge is 2.41. The summed E-state index contributed by atoms with van der Waals surface area (Å²) in [5.41, 5.74) is -0.253. The minimum atomic E-state index is -1.01. The van der Waals surface area contributed by atoms with Gasteiger partial charge in [-0.1, -0.05) is 60.7 Å². The summed E-state index contributed by atoms with van der Waals surface area (Å²) in [6.45, 7) is 10.8. The molecule has 0 aliphatic heterocycles. The highest BCUT2D eigenvalue weighted by Crippen LogP contribution is 2.31. The van der Waals surface area contributed by atoms with Crippen LogP contribution in [0.15, 0.2) is 72.8 Å². The fraction of sp³-hybridized carbons (Fsp3) is 0.367. The summed E-state index contributed by atoms with van der Waals surface area (Å²) in [5.74, 6) is -0.788. The summed E-state index contributed by atoms with van der Waals surface area (Å²) in [4.78, 5) is 41.9. The van der Waals surface area contributed by atoms with E-state index in [9.17, 15) is 14.4 Å². The first kappa shape index (κ1) is 29.0. The molecule has 3 rings (SSSR count). The van der Waals surface area contributed by atoms with Crippen molar-refractivity contribution in [2.24, 2.45) is 0 Å². The van der Waals surface area contributed by atoms with Gasteiger partial charge in [0.05, 0.1) is 0 Å². The molecule has 3 amide bonds. The summed E-state index contributed by atoms with van der Waals surface area (Å²) < 4.78 is 5.36. The number of nitrogens with zero attached hydrogens (tertiary/aromatic N) is 1. The molecule has 3 aromatic carbocycles. The van der Waals surface area contributed by atoms with Gasteiger partial charge in [0.15, 0.2) is 0 Å². The van der Waals surface area contributed by atoms with Crippen LogP contribution in [0.3, 0.4) is 0 Å². The van der Waals surface area contributed by atoms with Crippen molar-refractivity contribution in [2.75, 3.05) is 11.1 Å². The second-order valence-electron chi connectivity index (χ2n) is 11.1. The van der Waals surface area contributed by atoms with E-state index in [4.69, 9.17) is 4.74 Å². The molecule has 0 heterocycles. The first-order valence-corrected chi connectivity index (χ1v) is 13.2. The van der Waals surface area contributed by atoms with Crippen LogP contribution in [0.2, 0.25) is 0 Å². The summed E-state index contributed by atoms with van der Waals surface area (Å²) in [6, 6.07) is 20.7. The topological polar surface area (TPSA) is 87.7 Å². The van der Waals surface area contributed by atoms with E-state index in [1.54, 1.807) is 20.8 Å². The highest BCUT2D eigenvalue weighted by molar-refractivity contribution is 7.80. The van der Waals surface area contributed by atoms with Crippen molar-refractivity contribution in [1.82, 2.24) is 10.2 Å². The fourth-order valence-electron chi connectivity index (χ4n) is 4.18. The third-order valence-electron chi connectivity index (χ3n) is 5.77. The Morgan fingerprint density at radius 1 is 0.868 bits per heavy atom. The third kappa shape index (κ3) is 7.51. The number of hydrogen-bond acceptors (Lipinski definition) is 5. The van der Waals surface area contributed by atoms with Crippen molar-refractivity contribution in [3.8, 4) is 0 Å². The van der Waals surface area contributed by atoms with E-state index in [2.05, 4.69) is 23.3 Å². The lowest BCUT2D eigenvalue weighted by Gasteiger charge is -2.42. The van der Waals surface area contributed by atoms with Crippen molar-refractivity contribution in [2.45, 2.75) is 64.8 Å². The van der Waals surface area contributed by atoms with Crippen LogP contribution in [0.5, 0.6) is 0 Å². The van der Waals surface area contributed by atoms with E-state index >= 15 is 0 Å². The van der Waals surface area contributed by atoms with Crippen molar-refractivity contribution >= 4 is 47.0 Å². The normalized spacial score (nSPS) is 13.3. The first-order valence-electron chi connectivity index (χ1n) is 12.6. The van der Waals surface area contributed by atoms with Crippen LogP contribution in [0.25, 0.3) is 10.8 Å².